The molecule has 0 aromatic heterocycles. The van der Waals surface area contributed by atoms with Crippen LogP contribution in [0, 0.1) is 5.82 Å². The third-order valence-electron chi connectivity index (χ3n) is 6.75. The lowest BCUT2D eigenvalue weighted by atomic mass is 10.0. The molecule has 1 N–H and O–H groups in total. The summed E-state index contributed by atoms with van der Waals surface area (Å²) in [6.07, 6.45) is 0.962. The Labute approximate surface area is 233 Å². The van der Waals surface area contributed by atoms with Crippen molar-refractivity contribution in [2.45, 2.75) is 50.1 Å². The molecule has 0 unspecified atom stereocenters. The molecule has 0 bridgehead atoms. The van der Waals surface area contributed by atoms with Crippen molar-refractivity contribution in [3.8, 4) is 0 Å². The van der Waals surface area contributed by atoms with Gasteiger partial charge in [0, 0.05) is 32.5 Å². The van der Waals surface area contributed by atoms with Crippen LogP contribution in [0.3, 0.4) is 0 Å². The largest absolute Gasteiger partial charge is 0.354 e. The van der Waals surface area contributed by atoms with Crippen molar-refractivity contribution in [3.63, 3.8) is 0 Å². The molecule has 8 nitrogen and oxygen atoms in total. The summed E-state index contributed by atoms with van der Waals surface area (Å²) in [6.45, 7) is 2.26. The van der Waals surface area contributed by atoms with Crippen molar-refractivity contribution >= 4 is 27.7 Å². The maximum atomic E-state index is 13.7. The number of carbonyl (C=O) groups is 3. The van der Waals surface area contributed by atoms with Crippen molar-refractivity contribution in [1.82, 2.24) is 14.5 Å². The molecule has 1 aliphatic heterocycles. The monoisotopic (exact) mass is 565 g/mol. The van der Waals surface area contributed by atoms with Crippen LogP contribution in [-0.2, 0) is 32.6 Å². The summed E-state index contributed by atoms with van der Waals surface area (Å²) in [5, 5.41) is 2.89. The Morgan fingerprint density at radius 2 is 1.62 bits per heavy atom. The quantitative estimate of drug-likeness (QED) is 0.359. The molecule has 1 heterocycles. The van der Waals surface area contributed by atoms with Crippen LogP contribution >= 0.6 is 0 Å². The minimum Gasteiger partial charge on any atom is -0.354 e. The molecule has 210 valence electrons. The summed E-state index contributed by atoms with van der Waals surface area (Å²) < 4.78 is 40.2. The van der Waals surface area contributed by atoms with E-state index in [4.69, 9.17) is 0 Å². The summed E-state index contributed by atoms with van der Waals surface area (Å²) in [4.78, 5) is 41.2. The van der Waals surface area contributed by atoms with Gasteiger partial charge < -0.3 is 10.2 Å². The van der Waals surface area contributed by atoms with Crippen LogP contribution in [0.15, 0.2) is 83.8 Å². The summed E-state index contributed by atoms with van der Waals surface area (Å²) in [6, 6.07) is 20.2. The number of sulfonamides is 1. The van der Waals surface area contributed by atoms with Crippen LogP contribution < -0.4 is 5.32 Å². The van der Waals surface area contributed by atoms with Gasteiger partial charge in [0.15, 0.2) is 0 Å². The van der Waals surface area contributed by atoms with Crippen molar-refractivity contribution in [3.05, 3.63) is 101 Å². The van der Waals surface area contributed by atoms with Gasteiger partial charge in [0.25, 0.3) is 15.9 Å². The van der Waals surface area contributed by atoms with Crippen molar-refractivity contribution in [1.29, 1.82) is 0 Å². The van der Waals surface area contributed by atoms with Gasteiger partial charge in [-0.2, -0.15) is 0 Å². The molecule has 3 aromatic carbocycles. The van der Waals surface area contributed by atoms with Crippen molar-refractivity contribution in [2.75, 3.05) is 13.1 Å². The van der Waals surface area contributed by atoms with Gasteiger partial charge in [-0.15, -0.1) is 0 Å². The van der Waals surface area contributed by atoms with E-state index >= 15 is 0 Å². The molecular formula is C30H32FN3O5S. The zero-order valence-electron chi connectivity index (χ0n) is 22.3. The first-order chi connectivity index (χ1) is 19.2. The van der Waals surface area contributed by atoms with Crippen LogP contribution in [0.25, 0.3) is 0 Å². The summed E-state index contributed by atoms with van der Waals surface area (Å²) in [5.74, 6) is -1.72. The molecule has 1 atom stereocenters. The van der Waals surface area contributed by atoms with E-state index in [2.05, 4.69) is 5.32 Å². The number of rotatable bonds is 12. The van der Waals surface area contributed by atoms with Crippen LogP contribution in [-0.4, -0.2) is 54.5 Å². The number of hydrogen-bond acceptors (Lipinski definition) is 5. The van der Waals surface area contributed by atoms with Gasteiger partial charge in [0.1, 0.15) is 16.8 Å². The number of hydrogen-bond donors (Lipinski definition) is 1. The Kier molecular flexibility index (Phi) is 9.31. The number of benzene rings is 3. The Bertz CT molecular complexity index is 1460. The second-order valence-electron chi connectivity index (χ2n) is 9.63. The van der Waals surface area contributed by atoms with Crippen molar-refractivity contribution < 1.29 is 27.2 Å². The highest BCUT2D eigenvalue weighted by Gasteiger charge is 2.40. The molecule has 40 heavy (non-hydrogen) atoms. The lowest BCUT2D eigenvalue weighted by molar-refractivity contribution is -0.141. The second kappa shape index (κ2) is 12.9. The molecular weight excluding hydrogens is 533 g/mol. The SMILES string of the molecule is CCCNC(=O)[C@H](Cc1ccccc1)N(Cc1ccc(F)cc1)C(=O)CCCN1C(=O)c2ccccc2S1(=O)=O. The molecule has 0 radical (unpaired) electrons. The fourth-order valence-corrected chi connectivity index (χ4v) is 6.28. The first kappa shape index (κ1) is 28.9. The lowest BCUT2D eigenvalue weighted by Crippen LogP contribution is -2.50. The van der Waals surface area contributed by atoms with E-state index in [-0.39, 0.29) is 54.6 Å². The van der Waals surface area contributed by atoms with E-state index in [9.17, 15) is 27.2 Å². The van der Waals surface area contributed by atoms with Crippen LogP contribution in [0.5, 0.6) is 0 Å². The first-order valence-corrected chi connectivity index (χ1v) is 14.7. The molecule has 10 heteroatoms. The molecule has 0 saturated heterocycles. The highest BCUT2D eigenvalue weighted by molar-refractivity contribution is 7.90. The summed E-state index contributed by atoms with van der Waals surface area (Å²) >= 11 is 0. The minimum atomic E-state index is -3.99. The Hall–Kier alpha value is -4.05. The Morgan fingerprint density at radius 1 is 0.950 bits per heavy atom. The van der Waals surface area contributed by atoms with E-state index in [1.807, 2.05) is 37.3 Å². The second-order valence-corrected chi connectivity index (χ2v) is 11.5. The molecule has 0 spiro atoms. The number of halogens is 1. The predicted molar refractivity (Wildman–Crippen MR) is 148 cm³/mol. The van der Waals surface area contributed by atoms with Gasteiger partial charge in [-0.3, -0.25) is 14.4 Å². The fourth-order valence-electron chi connectivity index (χ4n) is 4.68. The maximum Gasteiger partial charge on any atom is 0.269 e. The van der Waals surface area contributed by atoms with Gasteiger partial charge >= 0.3 is 0 Å². The average Bonchev–Trinajstić information content (AvgIpc) is 3.15. The Balaban J connectivity index is 1.55. The number of carbonyl (C=O) groups excluding carboxylic acids is 3. The molecule has 0 aliphatic carbocycles. The lowest BCUT2D eigenvalue weighted by Gasteiger charge is -2.32. The van der Waals surface area contributed by atoms with E-state index in [1.165, 1.54) is 29.2 Å². The first-order valence-electron chi connectivity index (χ1n) is 13.2. The van der Waals surface area contributed by atoms with Gasteiger partial charge in [0.05, 0.1) is 5.56 Å². The number of amides is 3. The number of nitrogens with one attached hydrogen (secondary N) is 1. The maximum absolute atomic E-state index is 13.7. The number of fused-ring (bicyclic) bond motifs is 1. The highest BCUT2D eigenvalue weighted by atomic mass is 32.2. The summed E-state index contributed by atoms with van der Waals surface area (Å²) in [7, 11) is -3.99. The number of nitrogens with zero attached hydrogens (tertiary/aromatic N) is 2. The van der Waals surface area contributed by atoms with Crippen LogP contribution in [0.2, 0.25) is 0 Å². The average molecular weight is 566 g/mol. The smallest absolute Gasteiger partial charge is 0.269 e. The molecule has 0 saturated carbocycles. The topological polar surface area (TPSA) is 104 Å². The van der Waals surface area contributed by atoms with E-state index < -0.39 is 27.8 Å². The van der Waals surface area contributed by atoms with E-state index in [0.29, 0.717) is 12.1 Å². The molecule has 0 fully saturated rings. The summed E-state index contributed by atoms with van der Waals surface area (Å²) in [5.41, 5.74) is 1.62. The van der Waals surface area contributed by atoms with Crippen molar-refractivity contribution in [2.24, 2.45) is 0 Å². The molecule has 1 aliphatic rings. The van der Waals surface area contributed by atoms with E-state index in [1.54, 1.807) is 24.3 Å². The Morgan fingerprint density at radius 3 is 2.30 bits per heavy atom. The van der Waals surface area contributed by atoms with Gasteiger partial charge in [0.2, 0.25) is 11.8 Å². The minimum absolute atomic E-state index is 0.0419. The van der Waals surface area contributed by atoms with E-state index in [0.717, 1.165) is 16.3 Å². The molecule has 4 rings (SSSR count). The van der Waals surface area contributed by atoms with Crippen LogP contribution in [0.4, 0.5) is 4.39 Å². The van der Waals surface area contributed by atoms with Gasteiger partial charge in [-0.05, 0) is 48.2 Å². The third kappa shape index (κ3) is 6.56. The molecule has 3 amide bonds. The normalized spacial score (nSPS) is 14.4. The zero-order chi connectivity index (χ0) is 28.7. The van der Waals surface area contributed by atoms with Crippen LogP contribution in [0.1, 0.15) is 47.7 Å². The highest BCUT2D eigenvalue weighted by Crippen LogP contribution is 2.30. The van der Waals surface area contributed by atoms with Gasteiger partial charge in [-0.1, -0.05) is 61.5 Å². The fraction of sp³-hybridized carbons (Fsp3) is 0.300. The predicted octanol–water partition coefficient (Wildman–Crippen LogP) is 3.92. The third-order valence-corrected chi connectivity index (χ3v) is 8.59. The zero-order valence-corrected chi connectivity index (χ0v) is 23.1. The van der Waals surface area contributed by atoms with Gasteiger partial charge in [-0.25, -0.2) is 17.1 Å². The standard InChI is InChI=1S/C30H32FN3O5S/c1-2-18-32-29(36)26(20-22-9-4-3-5-10-22)33(21-23-14-16-24(31)17-15-23)28(35)13-8-19-34-30(37)25-11-6-7-12-27(25)40(34,38)39/h3-7,9-12,14-17,26H,2,8,13,18-21H2,1H3,(H,32,36)/t26-/m0/s1. The molecule has 3 aromatic rings.